The molecule has 132 valence electrons. The highest BCUT2D eigenvalue weighted by Gasteiger charge is 2.24. The fourth-order valence-electron chi connectivity index (χ4n) is 2.87. The van der Waals surface area contributed by atoms with E-state index in [1.165, 1.54) is 0 Å². The quantitative estimate of drug-likeness (QED) is 0.658. The van der Waals surface area contributed by atoms with Crippen molar-refractivity contribution in [3.63, 3.8) is 0 Å². The summed E-state index contributed by atoms with van der Waals surface area (Å²) in [5, 5.41) is 9.05. The molecule has 0 spiro atoms. The normalized spacial score (nSPS) is 12.8. The minimum atomic E-state index is -0.0814. The van der Waals surface area contributed by atoms with E-state index in [1.54, 1.807) is 28.6 Å². The largest absolute Gasteiger partial charge is 0.310 e. The van der Waals surface area contributed by atoms with Crippen LogP contribution in [0, 0.1) is 0 Å². The van der Waals surface area contributed by atoms with Crippen molar-refractivity contribution in [2.75, 3.05) is 5.32 Å². The third kappa shape index (κ3) is 3.61. The predicted molar refractivity (Wildman–Crippen MR) is 107 cm³/mol. The van der Waals surface area contributed by atoms with Crippen LogP contribution in [0.2, 0.25) is 10.0 Å². The Morgan fingerprint density at radius 3 is 2.38 bits per heavy atom. The summed E-state index contributed by atoms with van der Waals surface area (Å²) >= 11 is 13.7. The van der Waals surface area contributed by atoms with Crippen LogP contribution in [0.5, 0.6) is 0 Å². The Morgan fingerprint density at radius 1 is 1.04 bits per heavy atom. The van der Waals surface area contributed by atoms with E-state index in [0.29, 0.717) is 10.0 Å². The van der Waals surface area contributed by atoms with Gasteiger partial charge in [-0.05, 0) is 42.0 Å². The molecule has 0 radical (unpaired) electrons. The van der Waals surface area contributed by atoms with Crippen LogP contribution in [-0.4, -0.2) is 15.7 Å². The molecule has 0 unspecified atom stereocenters. The van der Waals surface area contributed by atoms with Gasteiger partial charge in [-0.25, -0.2) is 4.68 Å². The number of benzene rings is 2. The standard InChI is InChI=1S/C19H15Cl2N3OS/c20-13-3-1-12(2-4-13)9-18(25)22-19-16-10-26-11-17(16)23-24(19)15-7-5-14(21)6-8-15/h1-8H,9-11H2,(H,22,25). The third-order valence-electron chi connectivity index (χ3n) is 4.16. The SMILES string of the molecule is O=C(Cc1ccc(Cl)cc1)Nc1c2c(nn1-c1ccc(Cl)cc1)CSC2. The van der Waals surface area contributed by atoms with Gasteiger partial charge in [-0.1, -0.05) is 35.3 Å². The van der Waals surface area contributed by atoms with Crippen LogP contribution in [0.25, 0.3) is 5.69 Å². The van der Waals surface area contributed by atoms with Gasteiger partial charge in [0.05, 0.1) is 17.8 Å². The van der Waals surface area contributed by atoms with Crippen LogP contribution in [0.1, 0.15) is 16.8 Å². The minimum Gasteiger partial charge on any atom is -0.310 e. The summed E-state index contributed by atoms with van der Waals surface area (Å²) in [4.78, 5) is 12.6. The van der Waals surface area contributed by atoms with Gasteiger partial charge in [0, 0.05) is 27.1 Å². The van der Waals surface area contributed by atoms with Gasteiger partial charge in [0.2, 0.25) is 5.91 Å². The van der Waals surface area contributed by atoms with E-state index < -0.39 is 0 Å². The lowest BCUT2D eigenvalue weighted by atomic mass is 10.1. The second-order valence-corrected chi connectivity index (χ2v) is 7.86. The first-order valence-electron chi connectivity index (χ1n) is 8.09. The monoisotopic (exact) mass is 403 g/mol. The van der Waals surface area contributed by atoms with Crippen LogP contribution in [0.15, 0.2) is 48.5 Å². The van der Waals surface area contributed by atoms with Gasteiger partial charge in [-0.2, -0.15) is 16.9 Å². The highest BCUT2D eigenvalue weighted by atomic mass is 35.5. The fraction of sp³-hybridized carbons (Fsp3) is 0.158. The zero-order valence-electron chi connectivity index (χ0n) is 13.7. The van der Waals surface area contributed by atoms with E-state index in [2.05, 4.69) is 10.4 Å². The number of aromatic nitrogens is 2. The van der Waals surface area contributed by atoms with Crippen molar-refractivity contribution >= 4 is 46.7 Å². The van der Waals surface area contributed by atoms with Crippen molar-refractivity contribution in [1.29, 1.82) is 0 Å². The minimum absolute atomic E-state index is 0.0814. The summed E-state index contributed by atoms with van der Waals surface area (Å²) in [6.45, 7) is 0. The van der Waals surface area contributed by atoms with E-state index in [0.717, 1.165) is 39.8 Å². The number of carbonyl (C=O) groups is 1. The highest BCUT2D eigenvalue weighted by molar-refractivity contribution is 7.98. The van der Waals surface area contributed by atoms with E-state index in [9.17, 15) is 4.79 Å². The van der Waals surface area contributed by atoms with Gasteiger partial charge < -0.3 is 5.32 Å². The zero-order chi connectivity index (χ0) is 18.1. The molecule has 1 N–H and O–H groups in total. The van der Waals surface area contributed by atoms with Crippen LogP contribution >= 0.6 is 35.0 Å². The molecule has 0 saturated heterocycles. The molecular formula is C19H15Cl2N3OS. The molecule has 2 aromatic carbocycles. The molecule has 0 saturated carbocycles. The molecule has 0 atom stereocenters. The van der Waals surface area contributed by atoms with Crippen LogP contribution in [0.4, 0.5) is 5.82 Å². The van der Waals surface area contributed by atoms with Crippen molar-refractivity contribution in [2.24, 2.45) is 0 Å². The Hall–Kier alpha value is -1.95. The average molecular weight is 404 g/mol. The maximum absolute atomic E-state index is 12.6. The van der Waals surface area contributed by atoms with Crippen molar-refractivity contribution in [2.45, 2.75) is 17.9 Å². The summed E-state index contributed by atoms with van der Waals surface area (Å²) in [6.07, 6.45) is 0.283. The average Bonchev–Trinajstić information content (AvgIpc) is 3.21. The number of amides is 1. The fourth-order valence-corrected chi connectivity index (χ4v) is 4.16. The summed E-state index contributed by atoms with van der Waals surface area (Å²) in [5.74, 6) is 2.36. The molecule has 2 heterocycles. The van der Waals surface area contributed by atoms with Crippen LogP contribution in [0.3, 0.4) is 0 Å². The Kier molecular flexibility index (Phi) is 4.94. The highest BCUT2D eigenvalue weighted by Crippen LogP contribution is 2.36. The van der Waals surface area contributed by atoms with Gasteiger partial charge in [0.1, 0.15) is 5.82 Å². The van der Waals surface area contributed by atoms with Crippen LogP contribution in [-0.2, 0) is 22.7 Å². The molecule has 0 fully saturated rings. The number of nitrogens with zero attached hydrogens (tertiary/aromatic N) is 2. The van der Waals surface area contributed by atoms with Crippen molar-refractivity contribution in [3.8, 4) is 5.69 Å². The molecule has 4 nitrogen and oxygen atoms in total. The topological polar surface area (TPSA) is 46.9 Å². The van der Waals surface area contributed by atoms with E-state index >= 15 is 0 Å². The lowest BCUT2D eigenvalue weighted by Crippen LogP contribution is -2.18. The number of rotatable bonds is 4. The van der Waals surface area contributed by atoms with E-state index in [1.807, 2.05) is 36.4 Å². The first-order valence-corrected chi connectivity index (χ1v) is 10.00. The molecule has 1 aliphatic heterocycles. The number of thioether (sulfide) groups is 1. The van der Waals surface area contributed by atoms with Crippen molar-refractivity contribution in [1.82, 2.24) is 9.78 Å². The van der Waals surface area contributed by atoms with Gasteiger partial charge in [-0.3, -0.25) is 4.79 Å². The molecule has 0 aliphatic carbocycles. The third-order valence-corrected chi connectivity index (χ3v) is 5.63. The number of halogens is 2. The zero-order valence-corrected chi connectivity index (χ0v) is 16.0. The first-order chi connectivity index (χ1) is 12.6. The van der Waals surface area contributed by atoms with Gasteiger partial charge in [0.25, 0.3) is 0 Å². The molecule has 3 aromatic rings. The molecule has 1 aromatic heterocycles. The Bertz CT molecular complexity index is 952. The second-order valence-electron chi connectivity index (χ2n) is 6.01. The Labute approximate surface area is 165 Å². The van der Waals surface area contributed by atoms with Gasteiger partial charge >= 0.3 is 0 Å². The molecule has 7 heteroatoms. The van der Waals surface area contributed by atoms with Gasteiger partial charge in [0.15, 0.2) is 0 Å². The van der Waals surface area contributed by atoms with Crippen molar-refractivity contribution < 1.29 is 4.79 Å². The van der Waals surface area contributed by atoms with E-state index in [4.69, 9.17) is 23.2 Å². The predicted octanol–water partition coefficient (Wildman–Crippen LogP) is 5.11. The second kappa shape index (κ2) is 7.35. The molecule has 4 rings (SSSR count). The summed E-state index contributed by atoms with van der Waals surface area (Å²) < 4.78 is 1.79. The number of anilines is 1. The van der Waals surface area contributed by atoms with Crippen LogP contribution < -0.4 is 5.32 Å². The Morgan fingerprint density at radius 2 is 1.69 bits per heavy atom. The number of fused-ring (bicyclic) bond motifs is 1. The number of nitrogens with one attached hydrogen (secondary N) is 1. The molecule has 26 heavy (non-hydrogen) atoms. The lowest BCUT2D eigenvalue weighted by molar-refractivity contribution is -0.115. The first kappa shape index (κ1) is 17.5. The number of hydrogen-bond donors (Lipinski definition) is 1. The Balaban J connectivity index is 1.61. The molecule has 0 bridgehead atoms. The van der Waals surface area contributed by atoms with Gasteiger partial charge in [-0.15, -0.1) is 0 Å². The maximum Gasteiger partial charge on any atom is 0.229 e. The molecular weight excluding hydrogens is 389 g/mol. The lowest BCUT2D eigenvalue weighted by Gasteiger charge is -2.11. The number of hydrogen-bond acceptors (Lipinski definition) is 3. The maximum atomic E-state index is 12.6. The summed E-state index contributed by atoms with van der Waals surface area (Å²) in [7, 11) is 0. The van der Waals surface area contributed by atoms with E-state index in [-0.39, 0.29) is 12.3 Å². The van der Waals surface area contributed by atoms with Crippen molar-refractivity contribution in [3.05, 3.63) is 75.4 Å². The number of carbonyl (C=O) groups excluding carboxylic acids is 1. The molecule has 1 amide bonds. The smallest absolute Gasteiger partial charge is 0.229 e. The summed E-state index contributed by atoms with van der Waals surface area (Å²) in [5.41, 5.74) is 3.90. The molecule has 1 aliphatic rings. The summed E-state index contributed by atoms with van der Waals surface area (Å²) in [6, 6.07) is 14.7.